The van der Waals surface area contributed by atoms with E-state index >= 15 is 0 Å². The van der Waals surface area contributed by atoms with E-state index in [0.717, 1.165) is 5.56 Å². The van der Waals surface area contributed by atoms with Crippen LogP contribution in [-0.4, -0.2) is 13.1 Å². The summed E-state index contributed by atoms with van der Waals surface area (Å²) in [6, 6.07) is 7.11. The van der Waals surface area contributed by atoms with E-state index in [-0.39, 0.29) is 12.4 Å². The van der Waals surface area contributed by atoms with Gasteiger partial charge in [0.15, 0.2) is 6.19 Å². The molecule has 0 aliphatic heterocycles. The van der Waals surface area contributed by atoms with E-state index in [1.807, 2.05) is 6.19 Å². The van der Waals surface area contributed by atoms with Crippen LogP contribution in [0.15, 0.2) is 24.3 Å². The number of hydrogen-bond acceptors (Lipinski definition) is 4. The number of nitrogens with one attached hydrogen (secondary N) is 1. The number of carbonyl (C=O) groups excluding carboxylic acids is 1. The number of hydrogen-bond donors (Lipinski definition) is 1. The summed E-state index contributed by atoms with van der Waals surface area (Å²) in [5.41, 5.74) is 1.39. The second-order valence-corrected chi connectivity index (χ2v) is 2.65. The van der Waals surface area contributed by atoms with Crippen molar-refractivity contribution >= 4 is 11.7 Å². The number of rotatable bonds is 3. The van der Waals surface area contributed by atoms with Crippen LogP contribution in [0, 0.1) is 11.5 Å². The Labute approximate surface area is 82.1 Å². The van der Waals surface area contributed by atoms with Gasteiger partial charge in [-0.05, 0) is 11.6 Å². The largest absolute Gasteiger partial charge is 0.469 e. The maximum absolute atomic E-state index is 11.0. The Balaban J connectivity index is 2.85. The van der Waals surface area contributed by atoms with Crippen molar-refractivity contribution < 1.29 is 9.53 Å². The minimum Gasteiger partial charge on any atom is -0.469 e. The molecule has 0 fully saturated rings. The fraction of sp³-hybridized carbons (Fsp3) is 0.200. The van der Waals surface area contributed by atoms with Crippen molar-refractivity contribution in [3.05, 3.63) is 29.8 Å². The summed E-state index contributed by atoms with van der Waals surface area (Å²) in [4.78, 5) is 11.0. The number of nitrogens with zero attached hydrogens (tertiary/aromatic N) is 1. The van der Waals surface area contributed by atoms with Crippen LogP contribution in [0.25, 0.3) is 0 Å². The average Bonchev–Trinajstić information content (AvgIpc) is 2.21. The van der Waals surface area contributed by atoms with Gasteiger partial charge < -0.3 is 4.74 Å². The summed E-state index contributed by atoms with van der Waals surface area (Å²) in [7, 11) is 1.34. The van der Waals surface area contributed by atoms with Crippen LogP contribution < -0.4 is 5.32 Å². The summed E-state index contributed by atoms with van der Waals surface area (Å²) in [6.45, 7) is 0. The van der Waals surface area contributed by atoms with Crippen LogP contribution in [0.2, 0.25) is 0 Å². The molecular weight excluding hydrogens is 180 g/mol. The lowest BCUT2D eigenvalue weighted by molar-refractivity contribution is -0.139. The van der Waals surface area contributed by atoms with Gasteiger partial charge in [0.05, 0.1) is 19.2 Å². The number of nitriles is 1. The Bertz CT molecular complexity index is 369. The maximum Gasteiger partial charge on any atom is 0.310 e. The van der Waals surface area contributed by atoms with Gasteiger partial charge >= 0.3 is 5.97 Å². The van der Waals surface area contributed by atoms with Crippen LogP contribution in [0.5, 0.6) is 0 Å². The first kappa shape index (κ1) is 10.1. The molecule has 1 rings (SSSR count). The minimum atomic E-state index is -0.322. The monoisotopic (exact) mass is 190 g/mol. The number of methoxy groups -OCH3 is 1. The average molecular weight is 190 g/mol. The molecule has 4 nitrogen and oxygen atoms in total. The Morgan fingerprint density at radius 3 is 2.93 bits per heavy atom. The SMILES string of the molecule is COC(=O)Cc1ccccc1NC#N. The smallest absolute Gasteiger partial charge is 0.310 e. The number of carbonyl (C=O) groups is 1. The fourth-order valence-corrected chi connectivity index (χ4v) is 1.08. The molecule has 0 unspecified atom stereocenters. The molecule has 1 N–H and O–H groups in total. The van der Waals surface area contributed by atoms with Crippen molar-refractivity contribution in [1.29, 1.82) is 5.26 Å². The molecule has 0 atom stereocenters. The molecule has 0 bridgehead atoms. The predicted octanol–water partition coefficient (Wildman–Crippen LogP) is 1.30. The van der Waals surface area contributed by atoms with Crippen molar-refractivity contribution in [2.45, 2.75) is 6.42 Å². The van der Waals surface area contributed by atoms with E-state index in [9.17, 15) is 4.79 Å². The third kappa shape index (κ3) is 2.49. The highest BCUT2D eigenvalue weighted by Gasteiger charge is 2.06. The van der Waals surface area contributed by atoms with Gasteiger partial charge in [-0.1, -0.05) is 18.2 Å². The summed E-state index contributed by atoms with van der Waals surface area (Å²) < 4.78 is 4.54. The van der Waals surface area contributed by atoms with Crippen molar-refractivity contribution in [1.82, 2.24) is 0 Å². The summed E-state index contributed by atoms with van der Waals surface area (Å²) in [5.74, 6) is -0.322. The zero-order valence-corrected chi connectivity index (χ0v) is 7.78. The topological polar surface area (TPSA) is 62.1 Å². The van der Waals surface area contributed by atoms with Gasteiger partial charge in [0.1, 0.15) is 0 Å². The molecule has 1 aromatic rings. The Hall–Kier alpha value is -2.02. The number of anilines is 1. The molecule has 0 radical (unpaired) electrons. The number of esters is 1. The standard InChI is InChI=1S/C10H10N2O2/c1-14-10(13)6-8-4-2-3-5-9(8)12-7-11/h2-5,12H,6H2,1H3. The lowest BCUT2D eigenvalue weighted by atomic mass is 10.1. The van der Waals surface area contributed by atoms with Crippen LogP contribution in [-0.2, 0) is 16.0 Å². The second kappa shape index (κ2) is 4.87. The van der Waals surface area contributed by atoms with Gasteiger partial charge in [0.25, 0.3) is 0 Å². The molecule has 0 saturated heterocycles. The third-order valence-corrected chi connectivity index (χ3v) is 1.77. The van der Waals surface area contributed by atoms with Gasteiger partial charge in [-0.25, -0.2) is 0 Å². The van der Waals surface area contributed by atoms with Crippen LogP contribution in [0.3, 0.4) is 0 Å². The molecule has 0 saturated carbocycles. The van der Waals surface area contributed by atoms with E-state index < -0.39 is 0 Å². The molecule has 0 amide bonds. The summed E-state index contributed by atoms with van der Waals surface area (Å²) >= 11 is 0. The van der Waals surface area contributed by atoms with E-state index in [4.69, 9.17) is 5.26 Å². The molecular formula is C10H10N2O2. The first-order valence-electron chi connectivity index (χ1n) is 4.07. The molecule has 14 heavy (non-hydrogen) atoms. The fourth-order valence-electron chi connectivity index (χ4n) is 1.08. The molecule has 0 spiro atoms. The minimum absolute atomic E-state index is 0.168. The molecule has 0 heterocycles. The number of benzene rings is 1. The number of para-hydroxylation sites is 1. The highest BCUT2D eigenvalue weighted by Crippen LogP contribution is 2.15. The first-order chi connectivity index (χ1) is 6.77. The zero-order chi connectivity index (χ0) is 10.4. The molecule has 0 aromatic heterocycles. The van der Waals surface area contributed by atoms with Gasteiger partial charge in [0.2, 0.25) is 0 Å². The van der Waals surface area contributed by atoms with E-state index in [1.165, 1.54) is 7.11 Å². The highest BCUT2D eigenvalue weighted by atomic mass is 16.5. The van der Waals surface area contributed by atoms with Crippen LogP contribution >= 0.6 is 0 Å². The quantitative estimate of drug-likeness (QED) is 0.443. The van der Waals surface area contributed by atoms with Gasteiger partial charge in [-0.3, -0.25) is 10.1 Å². The van der Waals surface area contributed by atoms with Gasteiger partial charge in [-0.15, -0.1) is 0 Å². The summed E-state index contributed by atoms with van der Waals surface area (Å²) in [6.07, 6.45) is 1.98. The van der Waals surface area contributed by atoms with Crippen molar-refractivity contribution in [2.75, 3.05) is 12.4 Å². The highest BCUT2D eigenvalue weighted by molar-refractivity contribution is 5.75. The van der Waals surface area contributed by atoms with Crippen LogP contribution in [0.1, 0.15) is 5.56 Å². The lowest BCUT2D eigenvalue weighted by Crippen LogP contribution is -2.06. The van der Waals surface area contributed by atoms with Crippen molar-refractivity contribution in [3.8, 4) is 6.19 Å². The maximum atomic E-state index is 11.0. The molecule has 0 aliphatic rings. The van der Waals surface area contributed by atoms with E-state index in [1.54, 1.807) is 24.3 Å². The molecule has 1 aromatic carbocycles. The molecule has 72 valence electrons. The molecule has 4 heteroatoms. The third-order valence-electron chi connectivity index (χ3n) is 1.77. The normalized spacial score (nSPS) is 8.86. The Morgan fingerprint density at radius 1 is 1.57 bits per heavy atom. The zero-order valence-electron chi connectivity index (χ0n) is 7.78. The van der Waals surface area contributed by atoms with Crippen molar-refractivity contribution in [2.24, 2.45) is 0 Å². The van der Waals surface area contributed by atoms with Crippen LogP contribution in [0.4, 0.5) is 5.69 Å². The second-order valence-electron chi connectivity index (χ2n) is 2.65. The predicted molar refractivity (Wildman–Crippen MR) is 51.4 cm³/mol. The first-order valence-corrected chi connectivity index (χ1v) is 4.07. The van der Waals surface area contributed by atoms with E-state index in [0.29, 0.717) is 5.69 Å². The lowest BCUT2D eigenvalue weighted by Gasteiger charge is -2.05. The summed E-state index contributed by atoms with van der Waals surface area (Å²) in [5, 5.41) is 11.0. The molecule has 0 aliphatic carbocycles. The van der Waals surface area contributed by atoms with E-state index in [2.05, 4.69) is 10.1 Å². The Morgan fingerprint density at radius 2 is 2.29 bits per heavy atom. The van der Waals surface area contributed by atoms with Gasteiger partial charge in [-0.2, -0.15) is 5.26 Å². The number of ether oxygens (including phenoxy) is 1. The van der Waals surface area contributed by atoms with Crippen molar-refractivity contribution in [3.63, 3.8) is 0 Å². The van der Waals surface area contributed by atoms with Gasteiger partial charge in [0, 0.05) is 0 Å². The Kier molecular flexibility index (Phi) is 3.50.